The topological polar surface area (TPSA) is 54.0 Å². The first-order chi connectivity index (χ1) is 12.2. The Morgan fingerprint density at radius 2 is 1.84 bits per heavy atom. The molecule has 0 saturated carbocycles. The van der Waals surface area contributed by atoms with Gasteiger partial charge in [0.05, 0.1) is 12.5 Å². The van der Waals surface area contributed by atoms with Crippen LogP contribution in [0.4, 0.5) is 0 Å². The van der Waals surface area contributed by atoms with Gasteiger partial charge in [0.2, 0.25) is 6.79 Å². The largest absolute Gasteiger partial charge is 0.494 e. The van der Waals surface area contributed by atoms with Crippen LogP contribution in [0.25, 0.3) is 0 Å². The predicted molar refractivity (Wildman–Crippen MR) is 91.3 cm³/mol. The first-order valence-corrected chi connectivity index (χ1v) is 8.59. The molecule has 0 radical (unpaired) electrons. The van der Waals surface area contributed by atoms with E-state index in [-0.39, 0.29) is 18.7 Å². The van der Waals surface area contributed by atoms with Crippen molar-refractivity contribution in [2.24, 2.45) is 5.92 Å². The van der Waals surface area contributed by atoms with Crippen LogP contribution in [0.2, 0.25) is 0 Å². The van der Waals surface area contributed by atoms with Crippen LogP contribution in [-0.4, -0.2) is 19.4 Å². The molecule has 5 heteroatoms. The van der Waals surface area contributed by atoms with Crippen molar-refractivity contribution in [2.75, 3.05) is 13.4 Å². The summed E-state index contributed by atoms with van der Waals surface area (Å²) in [7, 11) is 0. The minimum absolute atomic E-state index is 0.165. The smallest absolute Gasteiger partial charge is 0.315 e. The Balaban J connectivity index is 1.41. The summed E-state index contributed by atoms with van der Waals surface area (Å²) in [4.78, 5) is 12.5. The molecule has 0 bridgehead atoms. The molecule has 4 rings (SSSR count). The predicted octanol–water partition coefficient (Wildman–Crippen LogP) is 3.52. The second-order valence-corrected chi connectivity index (χ2v) is 6.32. The summed E-state index contributed by atoms with van der Waals surface area (Å²) in [5.74, 6) is 2.25. The maximum Gasteiger partial charge on any atom is 0.315 e. The molecule has 25 heavy (non-hydrogen) atoms. The van der Waals surface area contributed by atoms with Crippen LogP contribution in [0.1, 0.15) is 24.5 Å². The zero-order valence-corrected chi connectivity index (χ0v) is 14.1. The van der Waals surface area contributed by atoms with Gasteiger partial charge in [0.15, 0.2) is 11.5 Å². The van der Waals surface area contributed by atoms with Gasteiger partial charge in [-0.25, -0.2) is 0 Å². The molecule has 1 heterocycles. The molecule has 0 N–H and O–H groups in total. The molecule has 0 fully saturated rings. The van der Waals surface area contributed by atoms with Gasteiger partial charge in [-0.2, -0.15) is 0 Å². The van der Waals surface area contributed by atoms with Crippen molar-refractivity contribution >= 4 is 5.97 Å². The number of hydrogen-bond donors (Lipinski definition) is 0. The number of carbonyl (C=O) groups excluding carboxylic acids is 1. The first kappa shape index (κ1) is 15.8. The van der Waals surface area contributed by atoms with Crippen molar-refractivity contribution in [1.29, 1.82) is 0 Å². The highest BCUT2D eigenvalue weighted by Crippen LogP contribution is 2.36. The van der Waals surface area contributed by atoms with Crippen LogP contribution in [0, 0.1) is 5.92 Å². The summed E-state index contributed by atoms with van der Waals surface area (Å²) in [6.07, 6.45) is 2.36. The molecular formula is C20H20O5. The summed E-state index contributed by atoms with van der Waals surface area (Å²) in [5, 5.41) is 0. The van der Waals surface area contributed by atoms with Crippen molar-refractivity contribution in [2.45, 2.75) is 26.2 Å². The summed E-state index contributed by atoms with van der Waals surface area (Å²) in [6, 6.07) is 11.2. The lowest BCUT2D eigenvalue weighted by Gasteiger charge is -2.09. The van der Waals surface area contributed by atoms with Crippen molar-refractivity contribution in [3.8, 4) is 23.0 Å². The zero-order valence-electron chi connectivity index (χ0n) is 14.1. The van der Waals surface area contributed by atoms with E-state index >= 15 is 0 Å². The zero-order chi connectivity index (χ0) is 17.2. The summed E-state index contributed by atoms with van der Waals surface area (Å²) < 4.78 is 21.8. The van der Waals surface area contributed by atoms with Gasteiger partial charge in [-0.3, -0.25) is 4.79 Å². The molecule has 2 aromatic rings. The molecule has 1 atom stereocenters. The standard InChI is InChI=1S/C20H20O5/c1-2-7-22-16-4-3-13-8-15(9-14(13)10-16)20(21)25-17-5-6-18-19(11-17)24-12-23-18/h3-6,10-11,15H,2,7-9,12H2,1H3. The van der Waals surface area contributed by atoms with Crippen molar-refractivity contribution in [3.05, 3.63) is 47.5 Å². The van der Waals surface area contributed by atoms with Gasteiger partial charge in [0.1, 0.15) is 11.5 Å². The van der Waals surface area contributed by atoms with Gasteiger partial charge in [-0.1, -0.05) is 13.0 Å². The molecule has 1 unspecified atom stereocenters. The molecule has 2 aromatic carbocycles. The Morgan fingerprint density at radius 1 is 1.04 bits per heavy atom. The van der Waals surface area contributed by atoms with Gasteiger partial charge in [0.25, 0.3) is 0 Å². The summed E-state index contributed by atoms with van der Waals surface area (Å²) >= 11 is 0. The normalized spacial score (nSPS) is 17.2. The third kappa shape index (κ3) is 3.27. The van der Waals surface area contributed by atoms with Gasteiger partial charge < -0.3 is 18.9 Å². The number of benzene rings is 2. The second-order valence-electron chi connectivity index (χ2n) is 6.32. The van der Waals surface area contributed by atoms with Crippen molar-refractivity contribution in [3.63, 3.8) is 0 Å². The lowest BCUT2D eigenvalue weighted by Crippen LogP contribution is -2.20. The average molecular weight is 340 g/mol. The van der Waals surface area contributed by atoms with Crippen LogP contribution in [0.5, 0.6) is 23.0 Å². The Bertz CT molecular complexity index is 799. The average Bonchev–Trinajstić information content (AvgIpc) is 3.25. The van der Waals surface area contributed by atoms with E-state index in [0.717, 1.165) is 12.2 Å². The van der Waals surface area contributed by atoms with Gasteiger partial charge >= 0.3 is 5.97 Å². The fraction of sp³-hybridized carbons (Fsp3) is 0.350. The number of hydrogen-bond acceptors (Lipinski definition) is 5. The number of fused-ring (bicyclic) bond motifs is 2. The molecule has 0 spiro atoms. The van der Waals surface area contributed by atoms with Gasteiger partial charge in [-0.15, -0.1) is 0 Å². The number of rotatable bonds is 5. The molecular weight excluding hydrogens is 320 g/mol. The van der Waals surface area contributed by atoms with Gasteiger partial charge in [0, 0.05) is 6.07 Å². The van der Waals surface area contributed by atoms with Crippen LogP contribution in [-0.2, 0) is 17.6 Å². The lowest BCUT2D eigenvalue weighted by atomic mass is 10.1. The second kappa shape index (κ2) is 6.67. The Kier molecular flexibility index (Phi) is 4.22. The minimum Gasteiger partial charge on any atom is -0.494 e. The highest BCUT2D eigenvalue weighted by atomic mass is 16.7. The van der Waals surface area contributed by atoms with E-state index in [1.807, 2.05) is 18.2 Å². The first-order valence-electron chi connectivity index (χ1n) is 8.59. The van der Waals surface area contributed by atoms with E-state index in [9.17, 15) is 4.79 Å². The minimum atomic E-state index is -0.217. The molecule has 130 valence electrons. The summed E-state index contributed by atoms with van der Waals surface area (Å²) in [5.41, 5.74) is 2.36. The molecule has 1 aliphatic heterocycles. The molecule has 0 aromatic heterocycles. The van der Waals surface area contributed by atoms with E-state index in [1.54, 1.807) is 18.2 Å². The lowest BCUT2D eigenvalue weighted by molar-refractivity contribution is -0.138. The van der Waals surface area contributed by atoms with E-state index < -0.39 is 0 Å². The fourth-order valence-electron chi connectivity index (χ4n) is 3.21. The third-order valence-corrected chi connectivity index (χ3v) is 4.48. The van der Waals surface area contributed by atoms with E-state index in [4.69, 9.17) is 18.9 Å². The monoisotopic (exact) mass is 340 g/mol. The van der Waals surface area contributed by atoms with Crippen molar-refractivity contribution < 1.29 is 23.7 Å². The maximum atomic E-state index is 12.5. The van der Waals surface area contributed by atoms with Crippen molar-refractivity contribution in [1.82, 2.24) is 0 Å². The van der Waals surface area contributed by atoms with Crippen LogP contribution in [0.3, 0.4) is 0 Å². The van der Waals surface area contributed by atoms with Crippen LogP contribution in [0.15, 0.2) is 36.4 Å². The Morgan fingerprint density at radius 3 is 2.72 bits per heavy atom. The van der Waals surface area contributed by atoms with Crippen LogP contribution >= 0.6 is 0 Å². The van der Waals surface area contributed by atoms with E-state index in [0.29, 0.717) is 36.7 Å². The van der Waals surface area contributed by atoms with Crippen LogP contribution < -0.4 is 18.9 Å². The number of ether oxygens (including phenoxy) is 4. The SMILES string of the molecule is CCCOc1ccc2c(c1)CC(C(=O)Oc1ccc3c(c1)OCO3)C2. The van der Waals surface area contributed by atoms with E-state index in [2.05, 4.69) is 6.92 Å². The number of carbonyl (C=O) groups is 1. The summed E-state index contributed by atoms with van der Waals surface area (Å²) in [6.45, 7) is 2.98. The maximum absolute atomic E-state index is 12.5. The molecule has 1 aliphatic carbocycles. The third-order valence-electron chi connectivity index (χ3n) is 4.48. The van der Waals surface area contributed by atoms with E-state index in [1.165, 1.54) is 11.1 Å². The molecule has 0 saturated heterocycles. The fourth-order valence-corrected chi connectivity index (χ4v) is 3.21. The van der Waals surface area contributed by atoms with Gasteiger partial charge in [-0.05, 0) is 54.7 Å². The molecule has 5 nitrogen and oxygen atoms in total. The quantitative estimate of drug-likeness (QED) is 0.616. The Labute approximate surface area is 146 Å². The molecule has 0 amide bonds. The number of esters is 1. The Hall–Kier alpha value is -2.69. The highest BCUT2D eigenvalue weighted by Gasteiger charge is 2.29. The molecule has 2 aliphatic rings. The highest BCUT2D eigenvalue weighted by molar-refractivity contribution is 5.77.